The van der Waals surface area contributed by atoms with E-state index < -0.39 is 0 Å². The zero-order chi connectivity index (χ0) is 12.1. The van der Waals surface area contributed by atoms with Crippen molar-refractivity contribution in [1.29, 1.82) is 0 Å². The molecular formula is C13H18N2O2. The molecule has 1 fully saturated rings. The first-order valence-corrected chi connectivity index (χ1v) is 5.94. The number of hydrogen-bond donors (Lipinski definition) is 2. The molecule has 17 heavy (non-hydrogen) atoms. The van der Waals surface area contributed by atoms with E-state index in [1.54, 1.807) is 0 Å². The van der Waals surface area contributed by atoms with Crippen LogP contribution in [0.4, 0.5) is 0 Å². The Labute approximate surface area is 101 Å². The Morgan fingerprint density at radius 3 is 2.82 bits per heavy atom. The Bertz CT molecular complexity index is 361. The van der Waals surface area contributed by atoms with Gasteiger partial charge in [0, 0.05) is 13.2 Å². The number of carbonyl (C=O) groups excluding carboxylic acids is 1. The molecule has 1 aromatic carbocycles. The van der Waals surface area contributed by atoms with Gasteiger partial charge in [-0.1, -0.05) is 30.3 Å². The van der Waals surface area contributed by atoms with Gasteiger partial charge in [0.15, 0.2) is 0 Å². The SMILES string of the molecule is NCC(C(=O)NC1CCOC1)c1ccccc1. The summed E-state index contributed by atoms with van der Waals surface area (Å²) in [4.78, 5) is 12.1. The highest BCUT2D eigenvalue weighted by molar-refractivity contribution is 5.84. The smallest absolute Gasteiger partial charge is 0.229 e. The molecule has 3 N–H and O–H groups in total. The maximum Gasteiger partial charge on any atom is 0.229 e. The lowest BCUT2D eigenvalue weighted by Crippen LogP contribution is -2.40. The predicted molar refractivity (Wildman–Crippen MR) is 65.6 cm³/mol. The van der Waals surface area contributed by atoms with Crippen molar-refractivity contribution in [2.45, 2.75) is 18.4 Å². The number of nitrogens with two attached hydrogens (primary N) is 1. The van der Waals surface area contributed by atoms with Crippen molar-refractivity contribution in [3.63, 3.8) is 0 Å². The lowest BCUT2D eigenvalue weighted by molar-refractivity contribution is -0.123. The largest absolute Gasteiger partial charge is 0.379 e. The zero-order valence-corrected chi connectivity index (χ0v) is 9.76. The molecule has 0 spiro atoms. The summed E-state index contributed by atoms with van der Waals surface area (Å²) in [6, 6.07) is 9.78. The number of rotatable bonds is 4. The maximum atomic E-state index is 12.1. The van der Waals surface area contributed by atoms with Crippen molar-refractivity contribution in [2.24, 2.45) is 5.73 Å². The van der Waals surface area contributed by atoms with Crippen LogP contribution >= 0.6 is 0 Å². The van der Waals surface area contributed by atoms with Crippen molar-refractivity contribution in [3.05, 3.63) is 35.9 Å². The van der Waals surface area contributed by atoms with E-state index in [4.69, 9.17) is 10.5 Å². The van der Waals surface area contributed by atoms with Crippen LogP contribution in [-0.2, 0) is 9.53 Å². The quantitative estimate of drug-likeness (QED) is 0.803. The summed E-state index contributed by atoms with van der Waals surface area (Å²) in [6.45, 7) is 1.66. The highest BCUT2D eigenvalue weighted by Crippen LogP contribution is 2.15. The monoisotopic (exact) mass is 234 g/mol. The lowest BCUT2D eigenvalue weighted by atomic mass is 9.98. The normalized spacial score (nSPS) is 21.1. The molecule has 2 atom stereocenters. The molecule has 0 bridgehead atoms. The van der Waals surface area contributed by atoms with Crippen LogP contribution in [-0.4, -0.2) is 31.7 Å². The second-order valence-corrected chi connectivity index (χ2v) is 4.27. The van der Waals surface area contributed by atoms with E-state index >= 15 is 0 Å². The van der Waals surface area contributed by atoms with Gasteiger partial charge in [0.1, 0.15) is 0 Å². The number of benzene rings is 1. The van der Waals surface area contributed by atoms with Gasteiger partial charge in [0.05, 0.1) is 18.6 Å². The first-order chi connectivity index (χ1) is 8.31. The Balaban J connectivity index is 2.00. The third-order valence-corrected chi connectivity index (χ3v) is 3.03. The fraction of sp³-hybridized carbons (Fsp3) is 0.462. The van der Waals surface area contributed by atoms with Crippen molar-refractivity contribution in [1.82, 2.24) is 5.32 Å². The fourth-order valence-corrected chi connectivity index (χ4v) is 2.03. The van der Waals surface area contributed by atoms with Gasteiger partial charge in [-0.25, -0.2) is 0 Å². The predicted octanol–water partition coefficient (Wildman–Crippen LogP) is 0.634. The van der Waals surface area contributed by atoms with Crippen LogP contribution in [0, 0.1) is 0 Å². The Kier molecular flexibility index (Phi) is 4.12. The highest BCUT2D eigenvalue weighted by Gasteiger charge is 2.23. The van der Waals surface area contributed by atoms with Gasteiger partial charge >= 0.3 is 0 Å². The molecule has 1 aromatic rings. The van der Waals surface area contributed by atoms with E-state index in [0.717, 1.165) is 18.6 Å². The number of ether oxygens (including phenoxy) is 1. The number of amides is 1. The molecule has 1 aliphatic rings. The Morgan fingerprint density at radius 1 is 1.47 bits per heavy atom. The van der Waals surface area contributed by atoms with Crippen molar-refractivity contribution < 1.29 is 9.53 Å². The van der Waals surface area contributed by atoms with Gasteiger partial charge in [-0.2, -0.15) is 0 Å². The minimum absolute atomic E-state index is 0.00537. The van der Waals surface area contributed by atoms with E-state index in [1.165, 1.54) is 0 Å². The summed E-state index contributed by atoms with van der Waals surface area (Å²) < 4.78 is 5.23. The van der Waals surface area contributed by atoms with Crippen LogP contribution in [0.1, 0.15) is 17.9 Å². The van der Waals surface area contributed by atoms with Crippen molar-refractivity contribution in [3.8, 4) is 0 Å². The molecular weight excluding hydrogens is 216 g/mol. The first kappa shape index (κ1) is 12.1. The minimum Gasteiger partial charge on any atom is -0.379 e. The van der Waals surface area contributed by atoms with Crippen LogP contribution in [0.5, 0.6) is 0 Å². The first-order valence-electron chi connectivity index (χ1n) is 5.94. The van der Waals surface area contributed by atoms with E-state index in [-0.39, 0.29) is 17.9 Å². The number of nitrogens with one attached hydrogen (secondary N) is 1. The van der Waals surface area contributed by atoms with Gasteiger partial charge in [-0.3, -0.25) is 4.79 Å². The van der Waals surface area contributed by atoms with Crippen LogP contribution in [0.3, 0.4) is 0 Å². The average molecular weight is 234 g/mol. The highest BCUT2D eigenvalue weighted by atomic mass is 16.5. The summed E-state index contributed by atoms with van der Waals surface area (Å²) >= 11 is 0. The minimum atomic E-state index is -0.267. The Morgan fingerprint density at radius 2 is 2.24 bits per heavy atom. The second kappa shape index (κ2) is 5.80. The summed E-state index contributed by atoms with van der Waals surface area (Å²) in [7, 11) is 0. The molecule has 0 saturated carbocycles. The van der Waals surface area contributed by atoms with E-state index in [0.29, 0.717) is 13.2 Å². The van der Waals surface area contributed by atoms with Gasteiger partial charge in [-0.05, 0) is 12.0 Å². The molecule has 2 unspecified atom stereocenters. The van der Waals surface area contributed by atoms with Crippen molar-refractivity contribution >= 4 is 5.91 Å². The van der Waals surface area contributed by atoms with Crippen LogP contribution in [0.25, 0.3) is 0 Å². The summed E-state index contributed by atoms with van der Waals surface area (Å²) in [5.74, 6) is -0.272. The number of hydrogen-bond acceptors (Lipinski definition) is 3. The summed E-state index contributed by atoms with van der Waals surface area (Å²) in [5, 5.41) is 2.98. The van der Waals surface area contributed by atoms with Gasteiger partial charge in [-0.15, -0.1) is 0 Å². The van der Waals surface area contributed by atoms with E-state index in [9.17, 15) is 4.79 Å². The van der Waals surface area contributed by atoms with Crippen molar-refractivity contribution in [2.75, 3.05) is 19.8 Å². The summed E-state index contributed by atoms with van der Waals surface area (Å²) in [5.41, 5.74) is 6.65. The molecule has 1 amide bonds. The van der Waals surface area contributed by atoms with E-state index in [2.05, 4.69) is 5.32 Å². The molecule has 4 nitrogen and oxygen atoms in total. The molecule has 92 valence electrons. The molecule has 4 heteroatoms. The topological polar surface area (TPSA) is 64.4 Å². The van der Waals surface area contributed by atoms with Crippen LogP contribution in [0.15, 0.2) is 30.3 Å². The van der Waals surface area contributed by atoms with Gasteiger partial charge in [0.2, 0.25) is 5.91 Å². The molecule has 0 radical (unpaired) electrons. The lowest BCUT2D eigenvalue weighted by Gasteiger charge is -2.18. The molecule has 0 aliphatic carbocycles. The third kappa shape index (κ3) is 3.05. The molecule has 1 saturated heterocycles. The Hall–Kier alpha value is -1.39. The maximum absolute atomic E-state index is 12.1. The third-order valence-electron chi connectivity index (χ3n) is 3.03. The van der Waals surface area contributed by atoms with Gasteiger partial charge in [0.25, 0.3) is 0 Å². The van der Waals surface area contributed by atoms with E-state index in [1.807, 2.05) is 30.3 Å². The van der Waals surface area contributed by atoms with Crippen LogP contribution in [0.2, 0.25) is 0 Å². The van der Waals surface area contributed by atoms with Crippen LogP contribution < -0.4 is 11.1 Å². The molecule has 2 rings (SSSR count). The standard InChI is InChI=1S/C13H18N2O2/c14-8-12(10-4-2-1-3-5-10)13(16)15-11-6-7-17-9-11/h1-5,11-12H,6-9,14H2,(H,15,16). The molecule has 1 heterocycles. The molecule has 0 aromatic heterocycles. The average Bonchev–Trinajstić information content (AvgIpc) is 2.84. The fourth-order valence-electron chi connectivity index (χ4n) is 2.03. The van der Waals surface area contributed by atoms with Gasteiger partial charge < -0.3 is 15.8 Å². The number of carbonyl (C=O) groups is 1. The zero-order valence-electron chi connectivity index (χ0n) is 9.76. The summed E-state index contributed by atoms with van der Waals surface area (Å²) in [6.07, 6.45) is 0.887. The second-order valence-electron chi connectivity index (χ2n) is 4.27. The molecule has 1 aliphatic heterocycles.